The van der Waals surface area contributed by atoms with Gasteiger partial charge in [-0.05, 0) is 83.1 Å². The van der Waals surface area contributed by atoms with Crippen molar-refractivity contribution in [3.05, 3.63) is 206 Å². The second-order valence-corrected chi connectivity index (χ2v) is 16.8. The summed E-state index contributed by atoms with van der Waals surface area (Å²) in [6, 6.07) is 70.9. The SMILES string of the molecule is c1ccc(N(c2ccccc2)c2cc3c4c(c2)Oc2cc5c(cc2B4c2ccccc2O3)B2c3oc4ccccc4c3Oc3cc(N(c4ccccc4)c4ccccc4)cc(c32)O5)cc1. The zero-order valence-electron chi connectivity index (χ0n) is 34.7. The minimum Gasteiger partial charge on any atom is -0.466 e. The smallest absolute Gasteiger partial charge is 0.305 e. The second-order valence-electron chi connectivity index (χ2n) is 16.8. The molecule has 0 saturated heterocycles. The van der Waals surface area contributed by atoms with Crippen molar-refractivity contribution < 1.29 is 23.4 Å². The van der Waals surface area contributed by atoms with Crippen molar-refractivity contribution in [3.8, 4) is 46.0 Å². The zero-order chi connectivity index (χ0) is 42.6. The maximum absolute atomic E-state index is 7.12. The number of benzene rings is 9. The third-order valence-corrected chi connectivity index (χ3v) is 13.0. The molecule has 0 amide bonds. The molecule has 0 saturated carbocycles. The lowest BCUT2D eigenvalue weighted by Gasteiger charge is -2.37. The Bertz CT molecular complexity index is 3450. The van der Waals surface area contributed by atoms with E-state index in [0.29, 0.717) is 17.2 Å². The van der Waals surface area contributed by atoms with Crippen molar-refractivity contribution in [2.24, 2.45) is 0 Å². The van der Waals surface area contributed by atoms with Gasteiger partial charge in [0.15, 0.2) is 5.75 Å². The molecule has 0 atom stereocenters. The van der Waals surface area contributed by atoms with Gasteiger partial charge < -0.3 is 33.2 Å². The van der Waals surface area contributed by atoms with Crippen LogP contribution in [-0.2, 0) is 0 Å². The Hall–Kier alpha value is -8.55. The largest absolute Gasteiger partial charge is 0.466 e. The lowest BCUT2D eigenvalue weighted by Crippen LogP contribution is -2.61. The number of rotatable bonds is 6. The number of nitrogens with zero attached hydrogens (tertiary/aromatic N) is 2. The van der Waals surface area contributed by atoms with Gasteiger partial charge in [-0.25, -0.2) is 0 Å². The number of para-hydroxylation sites is 6. The maximum Gasteiger partial charge on any atom is 0.305 e. The second kappa shape index (κ2) is 14.0. The predicted octanol–water partition coefficient (Wildman–Crippen LogP) is 10.8. The lowest BCUT2D eigenvalue weighted by molar-refractivity contribution is 0.450. The summed E-state index contributed by atoms with van der Waals surface area (Å²) in [5.74, 6) is 5.84. The fraction of sp³-hybridized carbons (Fsp3) is 0. The highest BCUT2D eigenvalue weighted by Gasteiger charge is 2.47. The van der Waals surface area contributed by atoms with Gasteiger partial charge in [0.05, 0.1) is 16.8 Å². The van der Waals surface area contributed by atoms with Crippen LogP contribution >= 0.6 is 0 Å². The Morgan fingerprint density at radius 2 is 0.738 bits per heavy atom. The maximum atomic E-state index is 7.12. The van der Waals surface area contributed by atoms with Crippen LogP contribution in [0.25, 0.3) is 11.0 Å². The topological polar surface area (TPSA) is 56.5 Å². The van der Waals surface area contributed by atoms with Gasteiger partial charge in [0, 0.05) is 64.0 Å². The molecule has 7 nitrogen and oxygen atoms in total. The average molecular weight is 837 g/mol. The number of ether oxygens (including phenoxy) is 4. The molecule has 65 heavy (non-hydrogen) atoms. The van der Waals surface area contributed by atoms with Crippen LogP contribution in [0.4, 0.5) is 34.1 Å². The van der Waals surface area contributed by atoms with Crippen LogP contribution in [-0.4, -0.2) is 13.4 Å². The van der Waals surface area contributed by atoms with E-state index >= 15 is 0 Å². The van der Waals surface area contributed by atoms with E-state index in [1.165, 1.54) is 0 Å². The minimum atomic E-state index is -0.329. The predicted molar refractivity (Wildman–Crippen MR) is 261 cm³/mol. The molecule has 1 aromatic heterocycles. The van der Waals surface area contributed by atoms with Crippen LogP contribution in [0, 0.1) is 0 Å². The van der Waals surface area contributed by atoms with Crippen LogP contribution in [0.5, 0.6) is 46.0 Å². The van der Waals surface area contributed by atoms with Gasteiger partial charge in [-0.15, -0.1) is 0 Å². The molecule has 4 aliphatic rings. The molecule has 4 aliphatic heterocycles. The monoisotopic (exact) mass is 836 g/mol. The van der Waals surface area contributed by atoms with E-state index in [0.717, 1.165) is 107 Å². The normalized spacial score (nSPS) is 13.0. The Morgan fingerprint density at radius 3 is 1.29 bits per heavy atom. The molecule has 0 spiro atoms. The van der Waals surface area contributed by atoms with Gasteiger partial charge in [-0.3, -0.25) is 0 Å². The van der Waals surface area contributed by atoms with Gasteiger partial charge in [0.2, 0.25) is 0 Å². The van der Waals surface area contributed by atoms with E-state index in [9.17, 15) is 0 Å². The molecule has 5 heterocycles. The molecule has 304 valence electrons. The Balaban J connectivity index is 0.974. The summed E-state index contributed by atoms with van der Waals surface area (Å²) in [6.45, 7) is -0.511. The summed E-state index contributed by atoms with van der Waals surface area (Å²) in [5, 5.41) is 0.921. The van der Waals surface area contributed by atoms with Gasteiger partial charge in [-0.2, -0.15) is 0 Å². The first kappa shape index (κ1) is 36.0. The van der Waals surface area contributed by atoms with Crippen molar-refractivity contribution >= 4 is 91.5 Å². The first-order valence-electron chi connectivity index (χ1n) is 21.9. The summed E-state index contributed by atoms with van der Waals surface area (Å²) in [4.78, 5) is 4.47. The zero-order valence-corrected chi connectivity index (χ0v) is 34.7. The highest BCUT2D eigenvalue weighted by atomic mass is 16.5. The van der Waals surface area contributed by atoms with Gasteiger partial charge in [0.25, 0.3) is 6.71 Å². The third-order valence-electron chi connectivity index (χ3n) is 13.0. The fourth-order valence-corrected chi connectivity index (χ4v) is 10.3. The Labute approximate surface area is 375 Å². The first-order valence-corrected chi connectivity index (χ1v) is 21.9. The summed E-state index contributed by atoms with van der Waals surface area (Å²) in [7, 11) is 0. The molecule has 9 heteroatoms. The van der Waals surface area contributed by atoms with Crippen molar-refractivity contribution in [3.63, 3.8) is 0 Å². The molecule has 0 aliphatic carbocycles. The highest BCUT2D eigenvalue weighted by molar-refractivity contribution is 7.00. The third kappa shape index (κ3) is 5.52. The Kier molecular flexibility index (Phi) is 7.74. The number of anilines is 6. The molecule has 0 radical (unpaired) electrons. The van der Waals surface area contributed by atoms with Gasteiger partial charge in [-0.1, -0.05) is 109 Å². The van der Waals surface area contributed by atoms with Crippen molar-refractivity contribution in [1.29, 1.82) is 0 Å². The minimum absolute atomic E-state index is 0.182. The quantitative estimate of drug-likeness (QED) is 0.155. The van der Waals surface area contributed by atoms with E-state index in [1.54, 1.807) is 0 Å². The van der Waals surface area contributed by atoms with E-state index in [-0.39, 0.29) is 13.4 Å². The van der Waals surface area contributed by atoms with E-state index < -0.39 is 0 Å². The number of hydrogen-bond acceptors (Lipinski definition) is 7. The fourth-order valence-electron chi connectivity index (χ4n) is 10.3. The molecular weight excluding hydrogens is 802 g/mol. The number of furan rings is 1. The van der Waals surface area contributed by atoms with Crippen molar-refractivity contribution in [1.82, 2.24) is 0 Å². The van der Waals surface area contributed by atoms with Crippen LogP contribution in [0.1, 0.15) is 0 Å². The molecule has 10 aromatic rings. The van der Waals surface area contributed by atoms with E-state index in [2.05, 4.69) is 168 Å². The first-order chi connectivity index (χ1) is 32.2. The van der Waals surface area contributed by atoms with Gasteiger partial charge in [0.1, 0.15) is 51.5 Å². The van der Waals surface area contributed by atoms with Crippen molar-refractivity contribution in [2.45, 2.75) is 0 Å². The number of hydrogen-bond donors (Lipinski definition) is 0. The molecule has 0 bridgehead atoms. The van der Waals surface area contributed by atoms with Crippen molar-refractivity contribution in [2.75, 3.05) is 9.80 Å². The van der Waals surface area contributed by atoms with E-state index in [1.807, 2.05) is 48.5 Å². The van der Waals surface area contributed by atoms with Crippen LogP contribution in [0.3, 0.4) is 0 Å². The average Bonchev–Trinajstić information content (AvgIpc) is 3.73. The number of fused-ring (bicyclic) bond motifs is 10. The van der Waals surface area contributed by atoms with Crippen LogP contribution < -0.4 is 61.7 Å². The molecule has 14 rings (SSSR count). The Morgan fingerprint density at radius 1 is 0.308 bits per heavy atom. The molecule has 0 fully saturated rings. The molecule has 9 aromatic carbocycles. The summed E-state index contributed by atoms with van der Waals surface area (Å²) >= 11 is 0. The van der Waals surface area contributed by atoms with Crippen LogP contribution in [0.15, 0.2) is 211 Å². The molecule has 0 N–H and O–H groups in total. The van der Waals surface area contributed by atoms with Crippen LogP contribution in [0.2, 0.25) is 0 Å². The summed E-state index contributed by atoms with van der Waals surface area (Å²) in [5.41, 5.74) is 12.4. The highest BCUT2D eigenvalue weighted by Crippen LogP contribution is 2.47. The lowest BCUT2D eigenvalue weighted by atomic mass is 9.32. The molecule has 0 unspecified atom stereocenters. The summed E-state index contributed by atoms with van der Waals surface area (Å²) < 4.78 is 34.9. The summed E-state index contributed by atoms with van der Waals surface area (Å²) in [6.07, 6.45) is 0. The van der Waals surface area contributed by atoms with Gasteiger partial charge >= 0.3 is 6.71 Å². The van der Waals surface area contributed by atoms with E-state index in [4.69, 9.17) is 23.4 Å². The standard InChI is InChI=1S/C56H34B2N2O5/c1-5-17-35(18-6-1)59(36-19-7-2-8-20-36)39-29-49-53-50(30-39)62-47-34-48-44(33-43(47)57(53)42-26-14-16-28-46(42)61-49)58-54-51(63-48)31-40(60(37-21-9-3-10-22-37)38-23-11-4-12-24-38)32-52(54)64-55-41-25-13-15-27-45(41)65-56(55)58/h1-34H. The molecular formula is C56H34B2N2O5.